The van der Waals surface area contributed by atoms with Crippen molar-refractivity contribution in [2.24, 2.45) is 11.7 Å². The average Bonchev–Trinajstić information content (AvgIpc) is 3.37. The van der Waals surface area contributed by atoms with Crippen LogP contribution in [-0.4, -0.2) is 46.4 Å². The van der Waals surface area contributed by atoms with Gasteiger partial charge in [-0.25, -0.2) is 18.6 Å². The van der Waals surface area contributed by atoms with Gasteiger partial charge in [0.1, 0.15) is 17.4 Å². The molecule has 2 unspecified atom stereocenters. The third kappa shape index (κ3) is 2.63. The molecule has 3 heterocycles. The zero-order valence-electron chi connectivity index (χ0n) is 13.9. The Morgan fingerprint density at radius 3 is 2.69 bits per heavy atom. The van der Waals surface area contributed by atoms with Gasteiger partial charge in [-0.15, -0.1) is 0 Å². The molecule has 0 spiro atoms. The molecule has 1 saturated heterocycles. The fourth-order valence-corrected chi connectivity index (χ4v) is 3.47. The maximum Gasteiger partial charge on any atom is 0.341 e. The van der Waals surface area contributed by atoms with Gasteiger partial charge in [0.05, 0.1) is 11.9 Å². The molecule has 0 radical (unpaired) electrons. The molecule has 138 valence electrons. The predicted octanol–water partition coefficient (Wildman–Crippen LogP) is 1.30. The number of halogens is 2. The number of anilines is 1. The van der Waals surface area contributed by atoms with E-state index in [-0.39, 0.29) is 42.5 Å². The minimum absolute atomic E-state index is 0.0157. The number of aromatic nitrogens is 2. The lowest BCUT2D eigenvalue weighted by molar-refractivity contribution is 0.0695. The highest BCUT2D eigenvalue weighted by Crippen LogP contribution is 2.37. The van der Waals surface area contributed by atoms with Crippen LogP contribution in [0.2, 0.25) is 0 Å². The van der Waals surface area contributed by atoms with E-state index < -0.39 is 34.9 Å². The van der Waals surface area contributed by atoms with Crippen LogP contribution in [0.3, 0.4) is 0 Å². The molecule has 9 heteroatoms. The minimum Gasteiger partial charge on any atom is -0.477 e. The smallest absolute Gasteiger partial charge is 0.341 e. The van der Waals surface area contributed by atoms with E-state index in [0.717, 1.165) is 18.9 Å². The summed E-state index contributed by atoms with van der Waals surface area (Å²) in [6, 6.07) is 1.04. The Labute approximate surface area is 147 Å². The molecule has 1 aliphatic carbocycles. The van der Waals surface area contributed by atoms with Crippen molar-refractivity contribution in [3.8, 4) is 0 Å². The zero-order chi connectivity index (χ0) is 18.6. The van der Waals surface area contributed by atoms with Crippen molar-refractivity contribution >= 4 is 22.8 Å². The van der Waals surface area contributed by atoms with Gasteiger partial charge >= 0.3 is 5.97 Å². The second-order valence-corrected chi connectivity index (χ2v) is 6.90. The fraction of sp³-hybridized carbons (Fsp3) is 0.471. The number of fused-ring (bicyclic) bond motifs is 1. The van der Waals surface area contributed by atoms with Crippen molar-refractivity contribution in [2.45, 2.75) is 25.1 Å². The van der Waals surface area contributed by atoms with Gasteiger partial charge in [0.15, 0.2) is 11.6 Å². The molecule has 2 fully saturated rings. The average molecular weight is 364 g/mol. The number of rotatable bonds is 4. The van der Waals surface area contributed by atoms with E-state index in [9.17, 15) is 23.5 Å². The summed E-state index contributed by atoms with van der Waals surface area (Å²) in [6.45, 7) is 0.383. The molecule has 0 amide bonds. The maximum atomic E-state index is 14.6. The minimum atomic E-state index is -1.36. The van der Waals surface area contributed by atoms with Gasteiger partial charge < -0.3 is 20.3 Å². The van der Waals surface area contributed by atoms with Crippen LogP contribution < -0.4 is 16.1 Å². The summed E-state index contributed by atoms with van der Waals surface area (Å²) in [5.74, 6) is -2.56. The largest absolute Gasteiger partial charge is 0.477 e. The van der Waals surface area contributed by atoms with E-state index in [1.807, 2.05) is 0 Å². The Kier molecular flexibility index (Phi) is 3.91. The van der Waals surface area contributed by atoms with Crippen molar-refractivity contribution in [2.75, 3.05) is 24.5 Å². The Bertz CT molecular complexity index is 957. The first-order chi connectivity index (χ1) is 12.4. The molecule has 1 aliphatic heterocycles. The maximum absolute atomic E-state index is 14.6. The summed E-state index contributed by atoms with van der Waals surface area (Å²) in [5, 5.41) is 9.17. The molecule has 4 rings (SSSR count). The molecule has 3 N–H and O–H groups in total. The Balaban J connectivity index is 1.89. The fourth-order valence-electron chi connectivity index (χ4n) is 3.47. The van der Waals surface area contributed by atoms with Gasteiger partial charge in [0, 0.05) is 24.7 Å². The van der Waals surface area contributed by atoms with Crippen molar-refractivity contribution in [1.82, 2.24) is 9.55 Å². The Morgan fingerprint density at radius 2 is 2.12 bits per heavy atom. The number of carboxylic acids is 1. The number of aromatic carboxylic acids is 1. The van der Waals surface area contributed by atoms with Crippen molar-refractivity contribution in [3.63, 3.8) is 0 Å². The van der Waals surface area contributed by atoms with Gasteiger partial charge in [-0.3, -0.25) is 4.79 Å². The first-order valence-corrected chi connectivity index (χ1v) is 8.48. The number of alkyl halides is 1. The van der Waals surface area contributed by atoms with Crippen LogP contribution in [0, 0.1) is 11.7 Å². The molecule has 2 atom stereocenters. The van der Waals surface area contributed by atoms with Crippen molar-refractivity contribution in [3.05, 3.63) is 33.9 Å². The monoisotopic (exact) mass is 364 g/mol. The van der Waals surface area contributed by atoms with Crippen molar-refractivity contribution in [1.29, 1.82) is 0 Å². The van der Waals surface area contributed by atoms with E-state index in [2.05, 4.69) is 4.98 Å². The van der Waals surface area contributed by atoms with Gasteiger partial charge in [0.25, 0.3) is 0 Å². The predicted molar refractivity (Wildman–Crippen MR) is 90.8 cm³/mol. The van der Waals surface area contributed by atoms with Gasteiger partial charge in [-0.05, 0) is 25.5 Å². The summed E-state index contributed by atoms with van der Waals surface area (Å²) in [7, 11) is 0. The second-order valence-electron chi connectivity index (χ2n) is 6.90. The number of nitrogens with zero attached hydrogens (tertiary/aromatic N) is 3. The number of pyridine rings is 2. The SMILES string of the molecule is NCC1CN(c2nc3c(cc2F)c(=O)c(C(=O)O)cn3C2CC2)CC1F. The van der Waals surface area contributed by atoms with E-state index in [4.69, 9.17) is 5.73 Å². The molecule has 0 aromatic carbocycles. The Morgan fingerprint density at radius 1 is 1.38 bits per heavy atom. The quantitative estimate of drug-likeness (QED) is 0.848. The summed E-state index contributed by atoms with van der Waals surface area (Å²) >= 11 is 0. The summed E-state index contributed by atoms with van der Waals surface area (Å²) in [4.78, 5) is 29.5. The van der Waals surface area contributed by atoms with Gasteiger partial charge in [0.2, 0.25) is 5.43 Å². The summed E-state index contributed by atoms with van der Waals surface area (Å²) in [5.41, 5.74) is 4.59. The number of hydrogen-bond donors (Lipinski definition) is 2. The van der Waals surface area contributed by atoms with Crippen LogP contribution in [-0.2, 0) is 0 Å². The van der Waals surface area contributed by atoms with Gasteiger partial charge in [-0.1, -0.05) is 0 Å². The molecular weight excluding hydrogens is 346 g/mol. The standard InChI is InChI=1S/C17H18F2N4O3/c18-12-3-10-14(24)11(17(25)26)6-23(9-1-2-9)15(10)21-16(12)22-5-8(4-20)13(19)7-22/h3,6,8-9,13H,1-2,4-5,7,20H2,(H,25,26). The van der Waals surface area contributed by atoms with E-state index in [0.29, 0.717) is 0 Å². The lowest BCUT2D eigenvalue weighted by Gasteiger charge is -2.19. The van der Waals surface area contributed by atoms with Crippen LogP contribution in [0.5, 0.6) is 0 Å². The third-order valence-corrected chi connectivity index (χ3v) is 5.07. The normalized spacial score (nSPS) is 23.0. The van der Waals surface area contributed by atoms with Crippen LogP contribution in [0.15, 0.2) is 17.1 Å². The topological polar surface area (TPSA) is 101 Å². The molecule has 2 aromatic heterocycles. The highest BCUT2D eigenvalue weighted by molar-refractivity contribution is 5.92. The van der Waals surface area contributed by atoms with Crippen LogP contribution >= 0.6 is 0 Å². The van der Waals surface area contributed by atoms with E-state index >= 15 is 0 Å². The highest BCUT2D eigenvalue weighted by Gasteiger charge is 2.35. The molecule has 2 aliphatic rings. The van der Waals surface area contributed by atoms with Crippen LogP contribution in [0.4, 0.5) is 14.6 Å². The van der Waals surface area contributed by atoms with Crippen LogP contribution in [0.1, 0.15) is 29.2 Å². The number of carbonyl (C=O) groups is 1. The first-order valence-electron chi connectivity index (χ1n) is 8.48. The molecule has 2 aromatic rings. The van der Waals surface area contributed by atoms with Gasteiger partial charge in [-0.2, -0.15) is 0 Å². The number of carboxylic acid groups (broad SMARTS) is 1. The number of hydrogen-bond acceptors (Lipinski definition) is 5. The van der Waals surface area contributed by atoms with E-state index in [1.54, 1.807) is 4.57 Å². The lowest BCUT2D eigenvalue weighted by Crippen LogP contribution is -2.26. The zero-order valence-corrected chi connectivity index (χ0v) is 13.9. The second kappa shape index (κ2) is 6.01. The lowest BCUT2D eigenvalue weighted by atomic mass is 10.1. The highest BCUT2D eigenvalue weighted by atomic mass is 19.1. The summed E-state index contributed by atoms with van der Waals surface area (Å²) in [6.07, 6.45) is 1.76. The molecule has 7 nitrogen and oxygen atoms in total. The Hall–Kier alpha value is -2.55. The first kappa shape index (κ1) is 16.9. The number of nitrogens with two attached hydrogens (primary N) is 1. The third-order valence-electron chi connectivity index (χ3n) is 5.07. The molecule has 26 heavy (non-hydrogen) atoms. The van der Waals surface area contributed by atoms with E-state index in [1.165, 1.54) is 11.1 Å². The molecule has 0 bridgehead atoms. The van der Waals surface area contributed by atoms with Crippen LogP contribution in [0.25, 0.3) is 11.0 Å². The molecule has 1 saturated carbocycles. The van der Waals surface area contributed by atoms with Crippen molar-refractivity contribution < 1.29 is 18.7 Å². The summed E-state index contributed by atoms with van der Waals surface area (Å²) < 4.78 is 30.3. The molecular formula is C17H18F2N4O3.